The molecule has 1 aromatic carbocycles. The highest BCUT2D eigenvalue weighted by Gasteiger charge is 2.07. The van der Waals surface area contributed by atoms with E-state index in [9.17, 15) is 4.79 Å². The normalized spacial score (nSPS) is 10.1. The van der Waals surface area contributed by atoms with Gasteiger partial charge in [0.1, 0.15) is 11.9 Å². The minimum absolute atomic E-state index is 0.0931. The number of H-pyrrole nitrogens is 1. The third kappa shape index (κ3) is 4.61. The molecule has 1 amide bonds. The number of nitriles is 1. The molecule has 0 aliphatic heterocycles. The molecule has 0 bridgehead atoms. The molecule has 7 heteroatoms. The predicted molar refractivity (Wildman–Crippen MR) is 80.9 cm³/mol. The van der Waals surface area contributed by atoms with Crippen LogP contribution in [0.2, 0.25) is 0 Å². The Morgan fingerprint density at radius 1 is 1.48 bits per heavy atom. The first-order chi connectivity index (χ1) is 10.2. The first-order valence-corrected chi connectivity index (χ1v) is 7.48. The number of aromatic nitrogens is 3. The van der Waals surface area contributed by atoms with E-state index in [2.05, 4.69) is 26.6 Å². The third-order valence-corrected chi connectivity index (χ3v) is 3.61. The van der Waals surface area contributed by atoms with Crippen molar-refractivity contribution in [3.63, 3.8) is 0 Å². The summed E-state index contributed by atoms with van der Waals surface area (Å²) in [5.41, 5.74) is 1.03. The average molecular weight is 301 g/mol. The van der Waals surface area contributed by atoms with Crippen LogP contribution in [-0.4, -0.2) is 26.8 Å². The van der Waals surface area contributed by atoms with Crippen LogP contribution in [0.25, 0.3) is 0 Å². The lowest BCUT2D eigenvalue weighted by molar-refractivity contribution is -0.116. The Hall–Kier alpha value is -2.33. The minimum atomic E-state index is -0.0931. The zero-order valence-corrected chi connectivity index (χ0v) is 12.4. The number of amides is 1. The van der Waals surface area contributed by atoms with E-state index < -0.39 is 0 Å². The monoisotopic (exact) mass is 301 g/mol. The lowest BCUT2D eigenvalue weighted by Crippen LogP contribution is -2.12. The van der Waals surface area contributed by atoms with Crippen LogP contribution >= 0.6 is 11.8 Å². The number of rotatable bonds is 6. The second-order valence-corrected chi connectivity index (χ2v) is 5.42. The molecule has 0 unspecified atom stereocenters. The number of aryl methyl sites for hydroxylation is 1. The van der Waals surface area contributed by atoms with Gasteiger partial charge in [-0.25, -0.2) is 4.98 Å². The molecule has 21 heavy (non-hydrogen) atoms. The fourth-order valence-corrected chi connectivity index (χ4v) is 2.47. The maximum Gasteiger partial charge on any atom is 0.224 e. The molecule has 0 aliphatic rings. The Labute approximate surface area is 127 Å². The van der Waals surface area contributed by atoms with Gasteiger partial charge in [0.2, 0.25) is 11.1 Å². The quantitative estimate of drug-likeness (QED) is 0.631. The number of nitrogens with zero attached hydrogens (tertiary/aromatic N) is 3. The molecule has 0 radical (unpaired) electrons. The Morgan fingerprint density at radius 2 is 2.29 bits per heavy atom. The van der Waals surface area contributed by atoms with E-state index in [4.69, 9.17) is 5.26 Å². The molecule has 6 nitrogen and oxygen atoms in total. The van der Waals surface area contributed by atoms with Crippen LogP contribution < -0.4 is 5.32 Å². The van der Waals surface area contributed by atoms with E-state index in [1.165, 1.54) is 11.8 Å². The summed E-state index contributed by atoms with van der Waals surface area (Å²) in [5, 5.41) is 19.2. The van der Waals surface area contributed by atoms with Crippen molar-refractivity contribution in [1.82, 2.24) is 15.2 Å². The molecule has 0 spiro atoms. The maximum absolute atomic E-state index is 11.8. The summed E-state index contributed by atoms with van der Waals surface area (Å²) in [5.74, 6) is 1.46. The van der Waals surface area contributed by atoms with Gasteiger partial charge in [0.25, 0.3) is 0 Å². The molecular weight excluding hydrogens is 286 g/mol. The molecule has 1 aromatic heterocycles. The molecule has 108 valence electrons. The lowest BCUT2D eigenvalue weighted by atomic mass is 10.2. The van der Waals surface area contributed by atoms with Crippen LogP contribution in [0.3, 0.4) is 0 Å². The third-order valence-electron chi connectivity index (χ3n) is 2.68. The van der Waals surface area contributed by atoms with Crippen LogP contribution in [0.5, 0.6) is 0 Å². The number of nitrogens with one attached hydrogen (secondary N) is 2. The maximum atomic E-state index is 11.8. The van der Waals surface area contributed by atoms with Crippen molar-refractivity contribution in [3.8, 4) is 6.07 Å². The summed E-state index contributed by atoms with van der Waals surface area (Å²) in [4.78, 5) is 16.0. The van der Waals surface area contributed by atoms with Crippen LogP contribution in [0.4, 0.5) is 5.69 Å². The number of aromatic amines is 1. The van der Waals surface area contributed by atoms with E-state index in [0.29, 0.717) is 22.8 Å². The molecule has 0 atom stereocenters. The van der Waals surface area contributed by atoms with Gasteiger partial charge in [-0.3, -0.25) is 9.89 Å². The summed E-state index contributed by atoms with van der Waals surface area (Å²) >= 11 is 1.51. The average Bonchev–Trinajstić information content (AvgIpc) is 2.90. The number of benzene rings is 1. The standard InChI is InChI=1S/C14H15N5OS/c1-10-16-14(19-18-10)21-8-4-7-13(20)17-12-6-3-2-5-11(12)9-15/h2-3,5-6H,4,7-8H2,1H3,(H,17,20)(H,16,18,19). The molecule has 0 saturated heterocycles. The van der Waals surface area contributed by atoms with Crippen molar-refractivity contribution in [1.29, 1.82) is 5.26 Å². The van der Waals surface area contributed by atoms with Crippen molar-refractivity contribution in [3.05, 3.63) is 35.7 Å². The van der Waals surface area contributed by atoms with Gasteiger partial charge in [0.05, 0.1) is 11.3 Å². The molecule has 2 aromatic rings. The Kier molecular flexibility index (Phi) is 5.35. The summed E-state index contributed by atoms with van der Waals surface area (Å²) in [6.07, 6.45) is 1.12. The summed E-state index contributed by atoms with van der Waals surface area (Å²) in [7, 11) is 0. The number of carbonyl (C=O) groups is 1. The van der Waals surface area contributed by atoms with E-state index in [1.807, 2.05) is 6.92 Å². The van der Waals surface area contributed by atoms with Gasteiger partial charge in [-0.05, 0) is 25.5 Å². The van der Waals surface area contributed by atoms with Gasteiger partial charge in [-0.2, -0.15) is 5.26 Å². The van der Waals surface area contributed by atoms with Crippen LogP contribution in [0, 0.1) is 18.3 Å². The zero-order chi connectivity index (χ0) is 15.1. The van der Waals surface area contributed by atoms with E-state index in [-0.39, 0.29) is 5.91 Å². The van der Waals surface area contributed by atoms with Gasteiger partial charge in [0, 0.05) is 12.2 Å². The highest BCUT2D eigenvalue weighted by molar-refractivity contribution is 7.99. The molecule has 1 heterocycles. The molecule has 2 rings (SSSR count). The van der Waals surface area contributed by atoms with Crippen molar-refractivity contribution >= 4 is 23.4 Å². The molecule has 2 N–H and O–H groups in total. The number of hydrogen-bond donors (Lipinski definition) is 2. The highest BCUT2D eigenvalue weighted by Crippen LogP contribution is 2.16. The van der Waals surface area contributed by atoms with E-state index >= 15 is 0 Å². The molecule has 0 saturated carbocycles. The summed E-state index contributed by atoms with van der Waals surface area (Å²) in [6.45, 7) is 1.84. The second-order valence-electron chi connectivity index (χ2n) is 4.36. The number of para-hydroxylation sites is 1. The Balaban J connectivity index is 1.74. The van der Waals surface area contributed by atoms with Gasteiger partial charge in [-0.15, -0.1) is 5.10 Å². The van der Waals surface area contributed by atoms with E-state index in [0.717, 1.165) is 18.0 Å². The highest BCUT2D eigenvalue weighted by atomic mass is 32.2. The van der Waals surface area contributed by atoms with Gasteiger partial charge >= 0.3 is 0 Å². The first kappa shape index (κ1) is 15.1. The lowest BCUT2D eigenvalue weighted by Gasteiger charge is -2.06. The topological polar surface area (TPSA) is 94.5 Å². The molecular formula is C14H15N5OS. The minimum Gasteiger partial charge on any atom is -0.325 e. The Morgan fingerprint density at radius 3 is 3.00 bits per heavy atom. The predicted octanol–water partition coefficient (Wildman–Crippen LogP) is 2.50. The largest absolute Gasteiger partial charge is 0.325 e. The van der Waals surface area contributed by atoms with Crippen LogP contribution in [0.15, 0.2) is 29.4 Å². The SMILES string of the molecule is Cc1nc(SCCCC(=O)Nc2ccccc2C#N)n[nH]1. The van der Waals surface area contributed by atoms with Crippen molar-refractivity contribution < 1.29 is 4.79 Å². The second kappa shape index (κ2) is 7.45. The smallest absolute Gasteiger partial charge is 0.224 e. The summed E-state index contributed by atoms with van der Waals surface area (Å²) in [6, 6.07) is 9.01. The number of anilines is 1. The van der Waals surface area contributed by atoms with Crippen molar-refractivity contribution in [2.45, 2.75) is 24.9 Å². The van der Waals surface area contributed by atoms with Crippen molar-refractivity contribution in [2.75, 3.05) is 11.1 Å². The van der Waals surface area contributed by atoms with Crippen LogP contribution in [0.1, 0.15) is 24.2 Å². The summed E-state index contributed by atoms with van der Waals surface area (Å²) < 4.78 is 0. The fraction of sp³-hybridized carbons (Fsp3) is 0.286. The first-order valence-electron chi connectivity index (χ1n) is 6.50. The van der Waals surface area contributed by atoms with Gasteiger partial charge in [0.15, 0.2) is 0 Å². The molecule has 0 fully saturated rings. The Bertz CT molecular complexity index is 661. The van der Waals surface area contributed by atoms with E-state index in [1.54, 1.807) is 24.3 Å². The van der Waals surface area contributed by atoms with Crippen molar-refractivity contribution in [2.24, 2.45) is 0 Å². The fourth-order valence-electron chi connectivity index (χ4n) is 1.69. The number of thioether (sulfide) groups is 1. The van der Waals surface area contributed by atoms with Gasteiger partial charge in [-0.1, -0.05) is 23.9 Å². The van der Waals surface area contributed by atoms with Crippen LogP contribution in [-0.2, 0) is 4.79 Å². The van der Waals surface area contributed by atoms with Gasteiger partial charge < -0.3 is 5.32 Å². The zero-order valence-electron chi connectivity index (χ0n) is 11.6. The molecule has 0 aliphatic carbocycles. The number of hydrogen-bond acceptors (Lipinski definition) is 5. The number of carbonyl (C=O) groups excluding carboxylic acids is 1.